The second-order valence-corrected chi connectivity index (χ2v) is 9.96. The lowest BCUT2D eigenvalue weighted by atomic mass is 10.0. The number of piperazine rings is 1. The summed E-state index contributed by atoms with van der Waals surface area (Å²) in [5.41, 5.74) is 0.106. The summed E-state index contributed by atoms with van der Waals surface area (Å²) in [7, 11) is -3.14. The normalized spacial score (nSPS) is 28.0. The second-order valence-electron chi connectivity index (χ2n) is 7.79. The summed E-state index contributed by atoms with van der Waals surface area (Å²) in [6, 6.07) is 0.502. The molecule has 2 fully saturated rings. The fraction of sp³-hybridized carbons (Fsp3) is 1.00. The van der Waals surface area contributed by atoms with Gasteiger partial charge in [0.1, 0.15) is 5.25 Å². The third-order valence-electron chi connectivity index (χ3n) is 4.87. The van der Waals surface area contributed by atoms with Crippen molar-refractivity contribution < 1.29 is 8.42 Å². The van der Waals surface area contributed by atoms with Crippen LogP contribution in [0.3, 0.4) is 0 Å². The molecule has 2 heterocycles. The van der Waals surface area contributed by atoms with Crippen molar-refractivity contribution in [2.45, 2.75) is 64.4 Å². The molecular weight excluding hydrogens is 286 g/mol. The smallest absolute Gasteiger partial charge is 0.219 e. The summed E-state index contributed by atoms with van der Waals surface area (Å²) >= 11 is 0. The molecule has 0 saturated carbocycles. The molecule has 2 aliphatic heterocycles. The lowest BCUT2D eigenvalue weighted by Crippen LogP contribution is -2.65. The summed E-state index contributed by atoms with van der Waals surface area (Å²) in [6.45, 7) is 16.5. The van der Waals surface area contributed by atoms with E-state index >= 15 is 0 Å². The lowest BCUT2D eigenvalue weighted by Gasteiger charge is -2.48. The van der Waals surface area contributed by atoms with E-state index in [-0.39, 0.29) is 16.8 Å². The Kier molecular flexibility index (Phi) is 4.74. The number of sulfonamides is 1. The number of hydrogen-bond acceptors (Lipinski definition) is 4. The first kappa shape index (κ1) is 17.2. The first-order valence-corrected chi connectivity index (χ1v) is 9.53. The fourth-order valence-corrected chi connectivity index (χ4v) is 5.25. The van der Waals surface area contributed by atoms with Gasteiger partial charge < -0.3 is 0 Å². The standard InChI is InChI=1S/C15H31N3O2S/c1-12(2)16-10-14(11-16)21(19,20)18-8-7-17(9-13(18)3)15(4,5)6/h12-14H,7-11H2,1-6H3. The van der Waals surface area contributed by atoms with Crippen molar-refractivity contribution in [2.75, 3.05) is 32.7 Å². The Bertz CT molecular complexity index is 464. The zero-order valence-electron chi connectivity index (χ0n) is 14.3. The Hall–Kier alpha value is -0.170. The minimum Gasteiger partial charge on any atom is -0.298 e. The van der Waals surface area contributed by atoms with Crippen molar-refractivity contribution in [3.8, 4) is 0 Å². The molecule has 0 N–H and O–H groups in total. The van der Waals surface area contributed by atoms with Crippen LogP contribution in [-0.4, -0.2) is 78.1 Å². The van der Waals surface area contributed by atoms with Crippen LogP contribution in [0.2, 0.25) is 0 Å². The molecule has 0 aromatic carbocycles. The highest BCUT2D eigenvalue weighted by Gasteiger charge is 2.44. The third kappa shape index (κ3) is 3.44. The van der Waals surface area contributed by atoms with E-state index in [1.807, 2.05) is 6.92 Å². The Labute approximate surface area is 130 Å². The van der Waals surface area contributed by atoms with E-state index in [4.69, 9.17) is 0 Å². The minimum atomic E-state index is -3.14. The highest BCUT2D eigenvalue weighted by Crippen LogP contribution is 2.27. The number of hydrogen-bond donors (Lipinski definition) is 0. The largest absolute Gasteiger partial charge is 0.298 e. The molecule has 0 aromatic heterocycles. The first-order valence-electron chi connectivity index (χ1n) is 8.03. The predicted molar refractivity (Wildman–Crippen MR) is 86.9 cm³/mol. The molecule has 5 nitrogen and oxygen atoms in total. The molecule has 0 spiro atoms. The second kappa shape index (κ2) is 5.80. The topological polar surface area (TPSA) is 43.9 Å². The van der Waals surface area contributed by atoms with Gasteiger partial charge in [-0.15, -0.1) is 0 Å². The van der Waals surface area contributed by atoms with Crippen molar-refractivity contribution in [1.82, 2.24) is 14.1 Å². The van der Waals surface area contributed by atoms with Gasteiger partial charge in [0.2, 0.25) is 10.0 Å². The van der Waals surface area contributed by atoms with E-state index in [1.54, 1.807) is 4.31 Å². The predicted octanol–water partition coefficient (Wildman–Crippen LogP) is 1.21. The highest BCUT2D eigenvalue weighted by atomic mass is 32.2. The SMILES string of the molecule is CC(C)N1CC(S(=O)(=O)N2CCN(C(C)(C)C)CC2C)C1. The molecule has 1 atom stereocenters. The first-order chi connectivity index (χ1) is 9.53. The molecule has 2 saturated heterocycles. The number of nitrogens with zero attached hydrogens (tertiary/aromatic N) is 3. The molecular formula is C15H31N3O2S. The van der Waals surface area contributed by atoms with E-state index in [1.165, 1.54) is 0 Å². The molecule has 6 heteroatoms. The van der Waals surface area contributed by atoms with E-state index in [0.717, 1.165) is 13.1 Å². The molecule has 2 aliphatic rings. The van der Waals surface area contributed by atoms with E-state index < -0.39 is 10.0 Å². The van der Waals surface area contributed by atoms with Crippen molar-refractivity contribution in [3.05, 3.63) is 0 Å². The van der Waals surface area contributed by atoms with Crippen molar-refractivity contribution >= 4 is 10.0 Å². The molecule has 2 rings (SSSR count). The number of likely N-dealkylation sites (tertiary alicyclic amines) is 1. The van der Waals surface area contributed by atoms with Gasteiger partial charge in [0, 0.05) is 50.3 Å². The molecule has 124 valence electrons. The molecule has 0 amide bonds. The summed E-state index contributed by atoms with van der Waals surface area (Å²) in [5, 5.41) is -0.205. The van der Waals surface area contributed by atoms with Crippen LogP contribution in [-0.2, 0) is 10.0 Å². The summed E-state index contributed by atoms with van der Waals surface area (Å²) in [6.07, 6.45) is 0. The third-order valence-corrected chi connectivity index (χ3v) is 7.21. The van der Waals surface area contributed by atoms with Crippen LogP contribution in [0.4, 0.5) is 0 Å². The van der Waals surface area contributed by atoms with Crippen LogP contribution in [0, 0.1) is 0 Å². The van der Waals surface area contributed by atoms with Gasteiger partial charge in [-0.3, -0.25) is 9.80 Å². The van der Waals surface area contributed by atoms with Gasteiger partial charge in [-0.1, -0.05) is 0 Å². The van der Waals surface area contributed by atoms with Crippen LogP contribution in [0.5, 0.6) is 0 Å². The van der Waals surface area contributed by atoms with E-state index in [2.05, 4.69) is 44.4 Å². The van der Waals surface area contributed by atoms with Crippen molar-refractivity contribution in [2.24, 2.45) is 0 Å². The van der Waals surface area contributed by atoms with Gasteiger partial charge in [-0.05, 0) is 41.5 Å². The maximum atomic E-state index is 12.8. The average Bonchev–Trinajstić information content (AvgIpc) is 2.23. The van der Waals surface area contributed by atoms with Gasteiger partial charge in [0.25, 0.3) is 0 Å². The zero-order valence-corrected chi connectivity index (χ0v) is 15.2. The Balaban J connectivity index is 2.00. The average molecular weight is 317 g/mol. The van der Waals surface area contributed by atoms with Crippen LogP contribution in [0.15, 0.2) is 0 Å². The highest BCUT2D eigenvalue weighted by molar-refractivity contribution is 7.89. The monoisotopic (exact) mass is 317 g/mol. The van der Waals surface area contributed by atoms with Gasteiger partial charge in [0.05, 0.1) is 0 Å². The van der Waals surface area contributed by atoms with Gasteiger partial charge in [0.15, 0.2) is 0 Å². The Morgan fingerprint density at radius 2 is 1.62 bits per heavy atom. The van der Waals surface area contributed by atoms with Crippen LogP contribution in [0.1, 0.15) is 41.5 Å². The van der Waals surface area contributed by atoms with E-state index in [9.17, 15) is 8.42 Å². The van der Waals surface area contributed by atoms with Gasteiger partial charge in [-0.2, -0.15) is 4.31 Å². The molecule has 0 aromatic rings. The summed E-state index contributed by atoms with van der Waals surface area (Å²) in [4.78, 5) is 4.60. The van der Waals surface area contributed by atoms with Crippen LogP contribution in [0.25, 0.3) is 0 Å². The quantitative estimate of drug-likeness (QED) is 0.785. The van der Waals surface area contributed by atoms with Crippen LogP contribution < -0.4 is 0 Å². The Morgan fingerprint density at radius 1 is 1.05 bits per heavy atom. The fourth-order valence-electron chi connectivity index (χ4n) is 3.20. The lowest BCUT2D eigenvalue weighted by molar-refractivity contribution is 0.0617. The van der Waals surface area contributed by atoms with Crippen molar-refractivity contribution in [1.29, 1.82) is 0 Å². The maximum absolute atomic E-state index is 12.8. The summed E-state index contributed by atoms with van der Waals surface area (Å²) in [5.74, 6) is 0. The van der Waals surface area contributed by atoms with E-state index in [0.29, 0.717) is 25.7 Å². The zero-order chi connectivity index (χ0) is 16.0. The van der Waals surface area contributed by atoms with Gasteiger partial charge >= 0.3 is 0 Å². The molecule has 21 heavy (non-hydrogen) atoms. The molecule has 1 unspecified atom stereocenters. The minimum absolute atomic E-state index is 0.0658. The Morgan fingerprint density at radius 3 is 2.05 bits per heavy atom. The van der Waals surface area contributed by atoms with Gasteiger partial charge in [-0.25, -0.2) is 8.42 Å². The maximum Gasteiger partial charge on any atom is 0.219 e. The molecule has 0 bridgehead atoms. The van der Waals surface area contributed by atoms with Crippen LogP contribution >= 0.6 is 0 Å². The molecule has 0 aliphatic carbocycles. The number of rotatable bonds is 3. The van der Waals surface area contributed by atoms with Crippen molar-refractivity contribution in [3.63, 3.8) is 0 Å². The summed E-state index contributed by atoms with van der Waals surface area (Å²) < 4.78 is 27.3. The molecule has 0 radical (unpaired) electrons.